The van der Waals surface area contributed by atoms with E-state index in [4.69, 9.17) is 10.2 Å². The van der Waals surface area contributed by atoms with Crippen LogP contribution in [0.5, 0.6) is 5.75 Å². The van der Waals surface area contributed by atoms with Crippen molar-refractivity contribution in [3.8, 4) is 16.9 Å². The van der Waals surface area contributed by atoms with Crippen molar-refractivity contribution in [1.29, 1.82) is 0 Å². The minimum absolute atomic E-state index is 0.197. The third-order valence-corrected chi connectivity index (χ3v) is 8.87. The van der Waals surface area contributed by atoms with Crippen LogP contribution in [0.2, 0.25) is 18.1 Å². The van der Waals surface area contributed by atoms with E-state index in [1.807, 2.05) is 0 Å². The van der Waals surface area contributed by atoms with E-state index in [2.05, 4.69) is 82.4 Å². The molecule has 2 nitrogen and oxygen atoms in total. The van der Waals surface area contributed by atoms with Crippen molar-refractivity contribution >= 4 is 8.32 Å². The lowest BCUT2D eigenvalue weighted by Gasteiger charge is -2.36. The van der Waals surface area contributed by atoms with Crippen LogP contribution >= 0.6 is 0 Å². The molecule has 2 N–H and O–H groups in total. The highest BCUT2D eigenvalue weighted by Crippen LogP contribution is 2.38. The predicted molar refractivity (Wildman–Crippen MR) is 97.6 cm³/mol. The quantitative estimate of drug-likeness (QED) is 0.788. The van der Waals surface area contributed by atoms with Crippen molar-refractivity contribution in [1.82, 2.24) is 0 Å². The third kappa shape index (κ3) is 3.79. The molecule has 0 radical (unpaired) electrons. The van der Waals surface area contributed by atoms with Crippen molar-refractivity contribution in [2.75, 3.05) is 0 Å². The molecule has 2 aromatic rings. The van der Waals surface area contributed by atoms with Gasteiger partial charge >= 0.3 is 0 Å². The summed E-state index contributed by atoms with van der Waals surface area (Å²) in [5.41, 5.74) is 9.24. The average molecular weight is 314 g/mol. The lowest BCUT2D eigenvalue weighted by molar-refractivity contribution is 0.492. The fraction of sp³-hybridized carbons (Fsp3) is 0.368. The van der Waals surface area contributed by atoms with Crippen molar-refractivity contribution in [2.24, 2.45) is 5.73 Å². The van der Waals surface area contributed by atoms with Crippen LogP contribution in [0, 0.1) is 0 Å². The molecule has 0 heterocycles. The Morgan fingerprint density at radius 1 is 0.955 bits per heavy atom. The first-order valence-electron chi connectivity index (χ1n) is 7.81. The Kier molecular flexibility index (Phi) is 4.78. The highest BCUT2D eigenvalue weighted by molar-refractivity contribution is 6.74. The number of hydrogen-bond acceptors (Lipinski definition) is 2. The van der Waals surface area contributed by atoms with Gasteiger partial charge in [0.15, 0.2) is 0 Å². The first kappa shape index (κ1) is 16.8. The SMILES string of the molecule is CC(C)(C)[Si](C)(C)Oc1cccc(-c2cccc(CN)c2)c1. The molecular weight excluding hydrogens is 286 g/mol. The number of rotatable bonds is 4. The van der Waals surface area contributed by atoms with Gasteiger partial charge in [0.05, 0.1) is 0 Å². The molecule has 0 spiro atoms. The Bertz CT molecular complexity index is 644. The Hall–Kier alpha value is -1.58. The van der Waals surface area contributed by atoms with E-state index in [0.29, 0.717) is 6.54 Å². The van der Waals surface area contributed by atoms with Crippen LogP contribution in [0.4, 0.5) is 0 Å². The zero-order valence-electron chi connectivity index (χ0n) is 14.3. The van der Waals surface area contributed by atoms with Gasteiger partial charge in [-0.15, -0.1) is 0 Å². The fourth-order valence-electron chi connectivity index (χ4n) is 2.06. The van der Waals surface area contributed by atoms with Crippen molar-refractivity contribution < 1.29 is 4.43 Å². The molecule has 22 heavy (non-hydrogen) atoms. The van der Waals surface area contributed by atoms with E-state index >= 15 is 0 Å². The maximum Gasteiger partial charge on any atom is 0.250 e. The van der Waals surface area contributed by atoms with E-state index in [9.17, 15) is 0 Å². The molecule has 2 rings (SSSR count). The standard InChI is InChI=1S/C19H27NOSi/c1-19(2,3)22(4,5)21-18-11-7-10-17(13-18)16-9-6-8-15(12-16)14-20/h6-13H,14,20H2,1-5H3. The van der Waals surface area contributed by atoms with E-state index in [1.165, 1.54) is 11.1 Å². The maximum absolute atomic E-state index is 6.40. The molecule has 0 saturated heterocycles. The lowest BCUT2D eigenvalue weighted by Crippen LogP contribution is -2.43. The van der Waals surface area contributed by atoms with Crippen LogP contribution < -0.4 is 10.2 Å². The summed E-state index contributed by atoms with van der Waals surface area (Å²) >= 11 is 0. The van der Waals surface area contributed by atoms with Crippen LogP contribution in [0.15, 0.2) is 48.5 Å². The zero-order chi connectivity index (χ0) is 16.4. The monoisotopic (exact) mass is 313 g/mol. The van der Waals surface area contributed by atoms with Gasteiger partial charge < -0.3 is 10.2 Å². The molecule has 3 heteroatoms. The van der Waals surface area contributed by atoms with Gasteiger partial charge in [-0.3, -0.25) is 0 Å². The summed E-state index contributed by atoms with van der Waals surface area (Å²) in [7, 11) is -1.81. The van der Waals surface area contributed by atoms with E-state index in [1.54, 1.807) is 0 Å². The lowest BCUT2D eigenvalue weighted by atomic mass is 10.0. The molecule has 0 fully saturated rings. The minimum Gasteiger partial charge on any atom is -0.543 e. The van der Waals surface area contributed by atoms with E-state index < -0.39 is 8.32 Å². The molecule has 0 aliphatic heterocycles. The summed E-state index contributed by atoms with van der Waals surface area (Å²) in [4.78, 5) is 0. The van der Waals surface area contributed by atoms with E-state index in [-0.39, 0.29) is 5.04 Å². The van der Waals surface area contributed by atoms with Gasteiger partial charge in [0.25, 0.3) is 0 Å². The normalized spacial score (nSPS) is 12.3. The van der Waals surface area contributed by atoms with Crippen LogP contribution in [0.25, 0.3) is 11.1 Å². The van der Waals surface area contributed by atoms with Gasteiger partial charge in [-0.1, -0.05) is 51.1 Å². The summed E-state index contributed by atoms with van der Waals surface area (Å²) in [6, 6.07) is 16.7. The fourth-order valence-corrected chi connectivity index (χ4v) is 3.09. The third-order valence-electron chi connectivity index (χ3n) is 4.51. The van der Waals surface area contributed by atoms with Gasteiger partial charge in [0.1, 0.15) is 5.75 Å². The molecule has 0 aromatic heterocycles. The number of nitrogens with two attached hydrogens (primary N) is 1. The Morgan fingerprint density at radius 2 is 1.55 bits per heavy atom. The average Bonchev–Trinajstić information content (AvgIpc) is 2.46. The minimum atomic E-state index is -1.81. The first-order valence-corrected chi connectivity index (χ1v) is 10.7. The smallest absolute Gasteiger partial charge is 0.250 e. The molecule has 0 aliphatic rings. The molecule has 118 valence electrons. The summed E-state index contributed by atoms with van der Waals surface area (Å²) in [6.07, 6.45) is 0. The Labute approximate surface area is 135 Å². The summed E-state index contributed by atoms with van der Waals surface area (Å²) in [5.74, 6) is 0.960. The second-order valence-electron chi connectivity index (χ2n) is 7.29. The molecule has 0 bridgehead atoms. The molecule has 0 saturated carbocycles. The maximum atomic E-state index is 6.40. The highest BCUT2D eigenvalue weighted by atomic mass is 28.4. The molecule has 2 aromatic carbocycles. The summed E-state index contributed by atoms with van der Waals surface area (Å²) < 4.78 is 6.40. The second kappa shape index (κ2) is 6.27. The summed E-state index contributed by atoms with van der Waals surface area (Å²) in [5, 5.41) is 0.197. The van der Waals surface area contributed by atoms with Gasteiger partial charge in [0, 0.05) is 6.54 Å². The Morgan fingerprint density at radius 3 is 2.14 bits per heavy atom. The largest absolute Gasteiger partial charge is 0.543 e. The number of hydrogen-bond donors (Lipinski definition) is 1. The van der Waals surface area contributed by atoms with Gasteiger partial charge in [0.2, 0.25) is 8.32 Å². The molecular formula is C19H27NOSi. The van der Waals surface area contributed by atoms with Crippen molar-refractivity contribution in [3.05, 3.63) is 54.1 Å². The number of benzene rings is 2. The van der Waals surface area contributed by atoms with Gasteiger partial charge in [-0.25, -0.2) is 0 Å². The summed E-state index contributed by atoms with van der Waals surface area (Å²) in [6.45, 7) is 11.9. The van der Waals surface area contributed by atoms with Crippen LogP contribution in [0.3, 0.4) is 0 Å². The second-order valence-corrected chi connectivity index (χ2v) is 12.0. The van der Waals surface area contributed by atoms with Crippen LogP contribution in [0.1, 0.15) is 26.3 Å². The zero-order valence-corrected chi connectivity index (χ0v) is 15.3. The van der Waals surface area contributed by atoms with Gasteiger partial charge in [-0.05, 0) is 53.0 Å². The Balaban J connectivity index is 2.31. The molecule has 0 amide bonds. The van der Waals surface area contributed by atoms with E-state index in [0.717, 1.165) is 11.3 Å². The van der Waals surface area contributed by atoms with Gasteiger partial charge in [-0.2, -0.15) is 0 Å². The molecule has 0 aliphatic carbocycles. The topological polar surface area (TPSA) is 35.2 Å². The van der Waals surface area contributed by atoms with Crippen LogP contribution in [-0.4, -0.2) is 8.32 Å². The molecule has 0 unspecified atom stereocenters. The first-order chi connectivity index (χ1) is 10.2. The van der Waals surface area contributed by atoms with Crippen molar-refractivity contribution in [3.63, 3.8) is 0 Å². The van der Waals surface area contributed by atoms with Crippen molar-refractivity contribution in [2.45, 2.75) is 45.4 Å². The molecule has 0 atom stereocenters. The predicted octanol–water partition coefficient (Wildman–Crippen LogP) is 5.20. The van der Waals surface area contributed by atoms with Crippen LogP contribution in [-0.2, 0) is 6.54 Å². The highest BCUT2D eigenvalue weighted by Gasteiger charge is 2.38.